The van der Waals surface area contributed by atoms with Crippen LogP contribution in [0, 0.1) is 11.6 Å². The van der Waals surface area contributed by atoms with Gasteiger partial charge < -0.3 is 15.8 Å². The first kappa shape index (κ1) is 15.4. The molecule has 1 amide bonds. The summed E-state index contributed by atoms with van der Waals surface area (Å²) >= 11 is 0. The number of hydrogen-bond donors (Lipinski definition) is 2. The number of ether oxygens (including phenoxy) is 1. The first-order chi connectivity index (χ1) is 8.99. The number of hydrogen-bond acceptors (Lipinski definition) is 3. The molecule has 0 aliphatic carbocycles. The number of amides is 1. The van der Waals surface area contributed by atoms with E-state index >= 15 is 0 Å². The number of primary amides is 1. The number of carbonyl (C=O) groups is 1. The van der Waals surface area contributed by atoms with E-state index in [0.717, 1.165) is 0 Å². The fourth-order valence-electron chi connectivity index (χ4n) is 1.58. The molecule has 0 fully saturated rings. The van der Waals surface area contributed by atoms with Gasteiger partial charge in [0.25, 0.3) is 5.91 Å². The van der Waals surface area contributed by atoms with Gasteiger partial charge in [0.1, 0.15) is 0 Å². The predicted molar refractivity (Wildman–Crippen MR) is 67.6 cm³/mol. The molecule has 0 aliphatic heterocycles. The molecule has 0 radical (unpaired) electrons. The maximum Gasteiger partial charge on any atom is 0.258 e. The monoisotopic (exact) mass is 272 g/mol. The van der Waals surface area contributed by atoms with Crippen LogP contribution in [-0.4, -0.2) is 18.6 Å². The summed E-state index contributed by atoms with van der Waals surface area (Å²) in [7, 11) is 0. The van der Waals surface area contributed by atoms with Gasteiger partial charge in [0.05, 0.1) is 0 Å². The minimum atomic E-state index is -1.04. The summed E-state index contributed by atoms with van der Waals surface area (Å²) in [5.41, 5.74) is 5.54. The second kappa shape index (κ2) is 7.04. The topological polar surface area (TPSA) is 64.3 Å². The molecule has 1 atom stereocenters. The van der Waals surface area contributed by atoms with Crippen molar-refractivity contribution in [1.82, 2.24) is 5.32 Å². The molecule has 0 heterocycles. The normalized spacial score (nSPS) is 12.2. The third-order valence-corrected chi connectivity index (χ3v) is 2.59. The Morgan fingerprint density at radius 3 is 2.37 bits per heavy atom. The van der Waals surface area contributed by atoms with Crippen molar-refractivity contribution in [3.63, 3.8) is 0 Å². The molecule has 6 heteroatoms. The standard InChI is InChI=1S/C13H18F2N2O2/c1-3-11(13(16)18)19-12-9(14)5-8(6-10(12)15)7-17-4-2/h5-6,11,17H,3-4,7H2,1-2H3,(H2,16,18). The lowest BCUT2D eigenvalue weighted by molar-refractivity contribution is -0.124. The molecular formula is C13H18F2N2O2. The van der Waals surface area contributed by atoms with Crippen molar-refractivity contribution in [2.75, 3.05) is 6.54 Å². The zero-order valence-corrected chi connectivity index (χ0v) is 11.0. The highest BCUT2D eigenvalue weighted by Crippen LogP contribution is 2.25. The molecule has 1 rings (SSSR count). The largest absolute Gasteiger partial charge is 0.474 e. The molecule has 0 saturated carbocycles. The van der Waals surface area contributed by atoms with Crippen molar-refractivity contribution in [3.8, 4) is 5.75 Å². The second-order valence-corrected chi connectivity index (χ2v) is 4.09. The highest BCUT2D eigenvalue weighted by atomic mass is 19.1. The summed E-state index contributed by atoms with van der Waals surface area (Å²) in [6.45, 7) is 4.59. The smallest absolute Gasteiger partial charge is 0.258 e. The van der Waals surface area contributed by atoms with Crippen LogP contribution in [0.2, 0.25) is 0 Å². The third-order valence-electron chi connectivity index (χ3n) is 2.59. The Balaban J connectivity index is 2.93. The summed E-state index contributed by atoms with van der Waals surface area (Å²) in [4.78, 5) is 11.0. The summed E-state index contributed by atoms with van der Waals surface area (Å²) in [5.74, 6) is -3.00. The molecule has 0 aliphatic rings. The van der Waals surface area contributed by atoms with Gasteiger partial charge in [0, 0.05) is 6.54 Å². The summed E-state index contributed by atoms with van der Waals surface area (Å²) in [6.07, 6.45) is -0.795. The van der Waals surface area contributed by atoms with Crippen molar-refractivity contribution in [1.29, 1.82) is 0 Å². The molecule has 0 aromatic heterocycles. The fourth-order valence-corrected chi connectivity index (χ4v) is 1.58. The quantitative estimate of drug-likeness (QED) is 0.794. The number of rotatable bonds is 7. The Morgan fingerprint density at radius 1 is 1.37 bits per heavy atom. The average Bonchev–Trinajstić information content (AvgIpc) is 2.35. The Labute approximate surface area is 110 Å². The maximum atomic E-state index is 13.8. The van der Waals surface area contributed by atoms with Gasteiger partial charge in [-0.15, -0.1) is 0 Å². The van der Waals surface area contributed by atoms with Gasteiger partial charge in [-0.3, -0.25) is 4.79 Å². The van der Waals surface area contributed by atoms with E-state index in [1.165, 1.54) is 12.1 Å². The predicted octanol–water partition coefficient (Wildman–Crippen LogP) is 1.72. The van der Waals surface area contributed by atoms with E-state index in [4.69, 9.17) is 10.5 Å². The van der Waals surface area contributed by atoms with Crippen molar-refractivity contribution in [2.24, 2.45) is 5.73 Å². The summed E-state index contributed by atoms with van der Waals surface area (Å²) in [5, 5.41) is 2.96. The Morgan fingerprint density at radius 2 is 1.95 bits per heavy atom. The summed E-state index contributed by atoms with van der Waals surface area (Å²) < 4.78 is 32.5. The molecule has 1 aromatic carbocycles. The van der Waals surface area contributed by atoms with Gasteiger partial charge in [-0.1, -0.05) is 13.8 Å². The molecule has 106 valence electrons. The lowest BCUT2D eigenvalue weighted by atomic mass is 10.2. The number of carbonyl (C=O) groups excluding carboxylic acids is 1. The van der Waals surface area contributed by atoms with Crippen LogP contribution in [0.5, 0.6) is 5.75 Å². The van der Waals surface area contributed by atoms with Crippen LogP contribution in [0.3, 0.4) is 0 Å². The van der Waals surface area contributed by atoms with E-state index in [1.54, 1.807) is 6.92 Å². The Hall–Kier alpha value is -1.69. The highest BCUT2D eigenvalue weighted by molar-refractivity contribution is 5.79. The van der Waals surface area contributed by atoms with Crippen LogP contribution in [0.25, 0.3) is 0 Å². The van der Waals surface area contributed by atoms with Gasteiger partial charge in [0.2, 0.25) is 0 Å². The van der Waals surface area contributed by atoms with E-state index < -0.39 is 29.4 Å². The average molecular weight is 272 g/mol. The van der Waals surface area contributed by atoms with E-state index in [0.29, 0.717) is 18.7 Å². The van der Waals surface area contributed by atoms with Crippen LogP contribution >= 0.6 is 0 Å². The van der Waals surface area contributed by atoms with Gasteiger partial charge in [-0.25, -0.2) is 8.78 Å². The van der Waals surface area contributed by atoms with Crippen LogP contribution in [0.4, 0.5) is 8.78 Å². The van der Waals surface area contributed by atoms with Crippen molar-refractivity contribution < 1.29 is 18.3 Å². The second-order valence-electron chi connectivity index (χ2n) is 4.09. The Kier molecular flexibility index (Phi) is 5.69. The van der Waals surface area contributed by atoms with Crippen LogP contribution in [0.1, 0.15) is 25.8 Å². The first-order valence-corrected chi connectivity index (χ1v) is 6.14. The number of benzene rings is 1. The molecule has 0 saturated heterocycles. The zero-order chi connectivity index (χ0) is 14.4. The molecule has 0 spiro atoms. The van der Waals surface area contributed by atoms with Crippen LogP contribution in [0.15, 0.2) is 12.1 Å². The number of nitrogens with one attached hydrogen (secondary N) is 1. The lowest BCUT2D eigenvalue weighted by Crippen LogP contribution is -2.33. The van der Waals surface area contributed by atoms with Gasteiger partial charge in [-0.05, 0) is 30.7 Å². The molecule has 0 bridgehead atoms. The zero-order valence-electron chi connectivity index (χ0n) is 11.0. The molecular weight excluding hydrogens is 254 g/mol. The number of nitrogens with two attached hydrogens (primary N) is 1. The Bertz CT molecular complexity index is 429. The molecule has 4 nitrogen and oxygen atoms in total. The SMILES string of the molecule is CCNCc1cc(F)c(OC(CC)C(N)=O)c(F)c1. The highest BCUT2D eigenvalue weighted by Gasteiger charge is 2.20. The van der Waals surface area contributed by atoms with E-state index in [9.17, 15) is 13.6 Å². The van der Waals surface area contributed by atoms with Gasteiger partial charge in [0.15, 0.2) is 23.5 Å². The fraction of sp³-hybridized carbons (Fsp3) is 0.462. The van der Waals surface area contributed by atoms with Gasteiger partial charge in [-0.2, -0.15) is 0 Å². The minimum absolute atomic E-state index is 0.243. The van der Waals surface area contributed by atoms with E-state index in [-0.39, 0.29) is 6.42 Å². The molecule has 19 heavy (non-hydrogen) atoms. The minimum Gasteiger partial charge on any atom is -0.474 e. The van der Waals surface area contributed by atoms with Crippen molar-refractivity contribution in [2.45, 2.75) is 32.9 Å². The van der Waals surface area contributed by atoms with Crippen molar-refractivity contribution in [3.05, 3.63) is 29.3 Å². The lowest BCUT2D eigenvalue weighted by Gasteiger charge is -2.16. The van der Waals surface area contributed by atoms with E-state index in [2.05, 4.69) is 5.32 Å². The van der Waals surface area contributed by atoms with Crippen molar-refractivity contribution >= 4 is 5.91 Å². The first-order valence-electron chi connectivity index (χ1n) is 6.14. The molecule has 1 aromatic rings. The van der Waals surface area contributed by atoms with Crippen LogP contribution < -0.4 is 15.8 Å². The molecule has 3 N–H and O–H groups in total. The van der Waals surface area contributed by atoms with E-state index in [1.807, 2.05) is 6.92 Å². The van der Waals surface area contributed by atoms with Crippen LogP contribution in [-0.2, 0) is 11.3 Å². The summed E-state index contributed by atoms with van der Waals surface area (Å²) in [6, 6.07) is 2.35. The molecule has 1 unspecified atom stereocenters. The maximum absolute atomic E-state index is 13.8. The third kappa shape index (κ3) is 4.17. The van der Waals surface area contributed by atoms with Gasteiger partial charge >= 0.3 is 0 Å². The number of halogens is 2.